The lowest BCUT2D eigenvalue weighted by Crippen LogP contribution is -2.32. The monoisotopic (exact) mass is 415 g/mol. The van der Waals surface area contributed by atoms with Crippen LogP contribution in [0.25, 0.3) is 21.9 Å². The Morgan fingerprint density at radius 1 is 1.29 bits per heavy atom. The van der Waals surface area contributed by atoms with Crippen LogP contribution in [0, 0.1) is 0 Å². The highest BCUT2D eigenvalue weighted by molar-refractivity contribution is 8.00. The molecule has 0 atom stereocenters. The number of rotatable bonds is 8. The van der Waals surface area contributed by atoms with Crippen molar-refractivity contribution in [1.82, 2.24) is 25.1 Å². The molecule has 4 aromatic rings. The third-order valence-electron chi connectivity index (χ3n) is 3.93. The van der Waals surface area contributed by atoms with Crippen molar-refractivity contribution in [2.45, 2.75) is 24.9 Å². The van der Waals surface area contributed by atoms with Gasteiger partial charge in [0.2, 0.25) is 11.8 Å². The summed E-state index contributed by atoms with van der Waals surface area (Å²) in [5.74, 6) is 1.46. The molecule has 0 aliphatic carbocycles. The fourth-order valence-electron chi connectivity index (χ4n) is 2.65. The van der Waals surface area contributed by atoms with Crippen LogP contribution in [-0.2, 0) is 11.3 Å². The van der Waals surface area contributed by atoms with E-state index >= 15 is 0 Å². The van der Waals surface area contributed by atoms with Crippen molar-refractivity contribution in [3.63, 3.8) is 0 Å². The van der Waals surface area contributed by atoms with Crippen LogP contribution < -0.4 is 0 Å². The highest BCUT2D eigenvalue weighted by Gasteiger charge is 2.19. The average Bonchev–Trinajstić information content (AvgIpc) is 3.46. The first-order chi connectivity index (χ1) is 13.7. The maximum absolute atomic E-state index is 12.8. The van der Waals surface area contributed by atoms with E-state index in [2.05, 4.69) is 20.2 Å². The topological polar surface area (TPSA) is 98.2 Å². The molecule has 0 N–H and O–H groups in total. The third kappa shape index (κ3) is 4.07. The van der Waals surface area contributed by atoms with Crippen LogP contribution in [0.3, 0.4) is 0 Å². The highest BCUT2D eigenvalue weighted by Crippen LogP contribution is 2.28. The lowest BCUT2D eigenvalue weighted by molar-refractivity contribution is -0.129. The second-order valence-corrected chi connectivity index (χ2v) is 7.76. The minimum Gasteiger partial charge on any atom is -0.459 e. The quantitative estimate of drug-likeness (QED) is 0.316. The Labute approximate surface area is 169 Å². The van der Waals surface area contributed by atoms with E-state index in [1.807, 2.05) is 18.4 Å². The molecule has 4 heterocycles. The van der Waals surface area contributed by atoms with Gasteiger partial charge in [0, 0.05) is 11.9 Å². The van der Waals surface area contributed by atoms with Crippen LogP contribution in [0.5, 0.6) is 0 Å². The number of nitrogens with zero attached hydrogens (tertiary/aromatic N) is 5. The lowest BCUT2D eigenvalue weighted by atomic mass is 10.4. The first-order valence-corrected chi connectivity index (χ1v) is 10.6. The summed E-state index contributed by atoms with van der Waals surface area (Å²) in [4.78, 5) is 24.0. The number of thiophene rings is 1. The summed E-state index contributed by atoms with van der Waals surface area (Å²) in [7, 11) is 0. The van der Waals surface area contributed by atoms with Gasteiger partial charge in [-0.25, -0.2) is 9.97 Å². The first kappa shape index (κ1) is 18.6. The molecule has 28 heavy (non-hydrogen) atoms. The van der Waals surface area contributed by atoms with E-state index in [1.54, 1.807) is 34.6 Å². The van der Waals surface area contributed by atoms with Crippen LogP contribution >= 0.6 is 23.1 Å². The number of carbonyl (C=O) groups is 1. The number of hydrogen-bond acceptors (Lipinski definition) is 9. The van der Waals surface area contributed by atoms with Crippen molar-refractivity contribution < 1.29 is 13.6 Å². The second kappa shape index (κ2) is 8.53. The van der Waals surface area contributed by atoms with Gasteiger partial charge >= 0.3 is 0 Å². The Morgan fingerprint density at radius 2 is 2.21 bits per heavy atom. The molecule has 144 valence electrons. The van der Waals surface area contributed by atoms with E-state index in [0.29, 0.717) is 24.1 Å². The zero-order chi connectivity index (χ0) is 19.3. The van der Waals surface area contributed by atoms with Crippen molar-refractivity contribution in [1.29, 1.82) is 0 Å². The summed E-state index contributed by atoms with van der Waals surface area (Å²) >= 11 is 2.97. The molecule has 4 rings (SSSR count). The smallest absolute Gasteiger partial charge is 0.283 e. The predicted octanol–water partition coefficient (Wildman–Crippen LogP) is 3.87. The number of carbonyl (C=O) groups excluding carboxylic acids is 1. The van der Waals surface area contributed by atoms with Crippen molar-refractivity contribution in [2.75, 3.05) is 12.3 Å². The number of fused-ring (bicyclic) bond motifs is 1. The molecule has 0 fully saturated rings. The Morgan fingerprint density at radius 3 is 3.04 bits per heavy atom. The molecule has 0 unspecified atom stereocenters. The van der Waals surface area contributed by atoms with Crippen molar-refractivity contribution in [3.8, 4) is 11.7 Å². The fourth-order valence-corrected chi connectivity index (χ4v) is 4.33. The third-order valence-corrected chi connectivity index (χ3v) is 5.74. The largest absolute Gasteiger partial charge is 0.459 e. The molecule has 0 aromatic carbocycles. The molecule has 1 amide bonds. The zero-order valence-corrected chi connectivity index (χ0v) is 16.7. The zero-order valence-electron chi connectivity index (χ0n) is 15.1. The minimum absolute atomic E-state index is 0.00779. The van der Waals surface area contributed by atoms with E-state index in [4.69, 9.17) is 8.83 Å². The summed E-state index contributed by atoms with van der Waals surface area (Å²) in [5, 5.41) is 11.8. The molecule has 8 nitrogen and oxygen atoms in total. The van der Waals surface area contributed by atoms with Gasteiger partial charge in [-0.15, -0.1) is 21.5 Å². The molecular weight excluding hydrogens is 398 g/mol. The molecule has 4 aromatic heterocycles. The minimum atomic E-state index is -0.00779. The van der Waals surface area contributed by atoms with Gasteiger partial charge in [0.25, 0.3) is 5.89 Å². The number of amides is 1. The highest BCUT2D eigenvalue weighted by atomic mass is 32.2. The molecule has 0 bridgehead atoms. The van der Waals surface area contributed by atoms with E-state index in [1.165, 1.54) is 18.1 Å². The number of aromatic nitrogens is 4. The van der Waals surface area contributed by atoms with Crippen molar-refractivity contribution in [2.24, 2.45) is 0 Å². The predicted molar refractivity (Wildman–Crippen MR) is 106 cm³/mol. The number of furan rings is 1. The summed E-state index contributed by atoms with van der Waals surface area (Å²) in [6.45, 7) is 2.89. The van der Waals surface area contributed by atoms with Gasteiger partial charge in [-0.3, -0.25) is 4.79 Å². The van der Waals surface area contributed by atoms with E-state index in [0.717, 1.165) is 21.7 Å². The standard InChI is InChI=1S/C18H17N5O3S2/c1-2-6-23(9-14-21-22-16(26-14)13-4-3-7-25-13)15(24)10-28-18-12-5-8-27-17(12)19-11-20-18/h3-5,7-8,11H,2,6,9-10H2,1H3. The Balaban J connectivity index is 1.42. The van der Waals surface area contributed by atoms with E-state index in [9.17, 15) is 4.79 Å². The van der Waals surface area contributed by atoms with Gasteiger partial charge in [0.05, 0.1) is 18.6 Å². The molecule has 0 radical (unpaired) electrons. The van der Waals surface area contributed by atoms with Gasteiger partial charge in [-0.1, -0.05) is 18.7 Å². The molecule has 0 saturated carbocycles. The van der Waals surface area contributed by atoms with Gasteiger partial charge in [0.1, 0.15) is 16.2 Å². The summed E-state index contributed by atoms with van der Waals surface area (Å²) in [6.07, 6.45) is 3.91. The molecule has 10 heteroatoms. The fraction of sp³-hybridized carbons (Fsp3) is 0.278. The Bertz CT molecular complexity index is 1060. The van der Waals surface area contributed by atoms with Gasteiger partial charge < -0.3 is 13.7 Å². The summed E-state index contributed by atoms with van der Waals surface area (Å²) in [6, 6.07) is 5.47. The SMILES string of the molecule is CCCN(Cc1nnc(-c2ccco2)o1)C(=O)CSc1ncnc2sccc12. The Hall–Kier alpha value is -2.72. The average molecular weight is 416 g/mol. The molecular formula is C18H17N5O3S2. The van der Waals surface area contributed by atoms with Gasteiger partial charge in [-0.2, -0.15) is 0 Å². The van der Waals surface area contributed by atoms with Gasteiger partial charge in [-0.05, 0) is 30.0 Å². The van der Waals surface area contributed by atoms with Crippen LogP contribution in [-0.4, -0.2) is 43.3 Å². The maximum atomic E-state index is 12.8. The number of thioether (sulfide) groups is 1. The van der Waals surface area contributed by atoms with Crippen LogP contribution in [0.1, 0.15) is 19.2 Å². The van der Waals surface area contributed by atoms with Crippen LogP contribution in [0.2, 0.25) is 0 Å². The van der Waals surface area contributed by atoms with Crippen molar-refractivity contribution >= 4 is 39.2 Å². The van der Waals surface area contributed by atoms with Crippen molar-refractivity contribution in [3.05, 3.63) is 42.1 Å². The molecule has 0 saturated heterocycles. The molecule has 0 aliphatic heterocycles. The van der Waals surface area contributed by atoms with E-state index < -0.39 is 0 Å². The molecule has 0 spiro atoms. The number of hydrogen-bond donors (Lipinski definition) is 0. The molecule has 0 aliphatic rings. The van der Waals surface area contributed by atoms with Crippen LogP contribution in [0.4, 0.5) is 0 Å². The lowest BCUT2D eigenvalue weighted by Gasteiger charge is -2.20. The Kier molecular flexibility index (Phi) is 5.68. The summed E-state index contributed by atoms with van der Waals surface area (Å²) < 4.78 is 10.9. The normalized spacial score (nSPS) is 11.2. The van der Waals surface area contributed by atoms with E-state index in [-0.39, 0.29) is 18.2 Å². The van der Waals surface area contributed by atoms with Gasteiger partial charge in [0.15, 0.2) is 5.76 Å². The summed E-state index contributed by atoms with van der Waals surface area (Å²) in [5.41, 5.74) is 0. The first-order valence-electron chi connectivity index (χ1n) is 8.69. The second-order valence-electron chi connectivity index (χ2n) is 5.90. The maximum Gasteiger partial charge on any atom is 0.283 e. The van der Waals surface area contributed by atoms with Crippen LogP contribution in [0.15, 0.2) is 50.0 Å².